The molecule has 2 aromatic rings. The molecule has 0 fully saturated rings. The van der Waals surface area contributed by atoms with Gasteiger partial charge in [0.2, 0.25) is 0 Å². The number of nitrogens with one attached hydrogen (secondary N) is 1. The summed E-state index contributed by atoms with van der Waals surface area (Å²) in [6, 6.07) is 9.25. The number of nitro benzene ring substituents is 1. The van der Waals surface area contributed by atoms with Crippen molar-refractivity contribution in [2.24, 2.45) is 0 Å². The normalized spacial score (nSPS) is 10.1. The van der Waals surface area contributed by atoms with Gasteiger partial charge in [-0.3, -0.25) is 14.9 Å². The topological polar surface area (TPSA) is 111 Å². The van der Waals surface area contributed by atoms with E-state index in [1.165, 1.54) is 19.2 Å². The van der Waals surface area contributed by atoms with Gasteiger partial charge in [-0.2, -0.15) is 0 Å². The molecule has 0 aliphatic heterocycles. The summed E-state index contributed by atoms with van der Waals surface area (Å²) in [5.74, 6) is -0.920. The second kappa shape index (κ2) is 8.85. The molecule has 0 saturated heterocycles. The smallest absolute Gasteiger partial charge is 0.338 e. The molecule has 28 heavy (non-hydrogen) atoms. The lowest BCUT2D eigenvalue weighted by molar-refractivity contribution is -0.384. The van der Waals surface area contributed by atoms with Crippen LogP contribution in [0.2, 0.25) is 0 Å². The molecule has 2 rings (SSSR count). The zero-order valence-corrected chi connectivity index (χ0v) is 16.0. The number of carbonyl (C=O) groups is 2. The van der Waals surface area contributed by atoms with E-state index in [2.05, 4.69) is 5.32 Å². The molecule has 0 unspecified atom stereocenters. The minimum absolute atomic E-state index is 0.0155. The summed E-state index contributed by atoms with van der Waals surface area (Å²) < 4.78 is 10.1. The van der Waals surface area contributed by atoms with E-state index in [9.17, 15) is 19.7 Å². The second-order valence-corrected chi connectivity index (χ2v) is 6.18. The molecule has 148 valence electrons. The fourth-order valence-corrected chi connectivity index (χ4v) is 2.50. The largest absolute Gasteiger partial charge is 0.495 e. The predicted molar refractivity (Wildman–Crippen MR) is 104 cm³/mol. The van der Waals surface area contributed by atoms with Crippen LogP contribution >= 0.6 is 0 Å². The molecule has 0 aliphatic carbocycles. The molecule has 0 aromatic heterocycles. The monoisotopic (exact) mass is 387 g/mol. The van der Waals surface area contributed by atoms with E-state index in [1.54, 1.807) is 31.1 Å². The summed E-state index contributed by atoms with van der Waals surface area (Å²) >= 11 is 0. The van der Waals surface area contributed by atoms with E-state index < -0.39 is 23.4 Å². The van der Waals surface area contributed by atoms with Crippen LogP contribution in [0.25, 0.3) is 0 Å². The first-order valence-electron chi connectivity index (χ1n) is 8.30. The van der Waals surface area contributed by atoms with E-state index in [0.29, 0.717) is 17.1 Å². The quantitative estimate of drug-likeness (QED) is 0.442. The zero-order chi connectivity index (χ0) is 20.8. The van der Waals surface area contributed by atoms with Crippen molar-refractivity contribution < 1.29 is 24.0 Å². The van der Waals surface area contributed by atoms with Crippen LogP contribution in [0.3, 0.4) is 0 Å². The molecule has 0 heterocycles. The highest BCUT2D eigenvalue weighted by Gasteiger charge is 2.20. The van der Waals surface area contributed by atoms with Gasteiger partial charge in [0.1, 0.15) is 11.4 Å². The van der Waals surface area contributed by atoms with Gasteiger partial charge in [-0.25, -0.2) is 4.79 Å². The number of benzene rings is 2. The predicted octanol–water partition coefficient (Wildman–Crippen LogP) is 2.77. The Kier molecular flexibility index (Phi) is 6.54. The lowest BCUT2D eigenvalue weighted by atomic mass is 10.1. The van der Waals surface area contributed by atoms with Crippen molar-refractivity contribution in [3.05, 3.63) is 57.6 Å². The number of nitro groups is 1. The molecule has 0 aliphatic rings. The van der Waals surface area contributed by atoms with Crippen LogP contribution in [0.5, 0.6) is 5.75 Å². The number of hydrogen-bond acceptors (Lipinski definition) is 7. The minimum atomic E-state index is -0.834. The van der Waals surface area contributed by atoms with Crippen LogP contribution in [0.15, 0.2) is 36.4 Å². The van der Waals surface area contributed by atoms with Crippen LogP contribution in [-0.2, 0) is 9.53 Å². The summed E-state index contributed by atoms with van der Waals surface area (Å²) in [5, 5.41) is 13.8. The van der Waals surface area contributed by atoms with Gasteiger partial charge in [-0.1, -0.05) is 6.07 Å². The molecular weight excluding hydrogens is 366 g/mol. The SMILES string of the molecule is COc1ccc(C)cc1NC(=O)COC(=O)c1ccc(N(C)C)c([N+](=O)[O-])c1. The van der Waals surface area contributed by atoms with Gasteiger partial charge in [0, 0.05) is 20.2 Å². The number of nitrogens with zero attached hydrogens (tertiary/aromatic N) is 2. The Labute approximate surface area is 162 Å². The highest BCUT2D eigenvalue weighted by molar-refractivity contribution is 5.97. The van der Waals surface area contributed by atoms with Crippen LogP contribution < -0.4 is 15.0 Å². The van der Waals surface area contributed by atoms with E-state index in [-0.39, 0.29) is 11.3 Å². The summed E-state index contributed by atoms with van der Waals surface area (Å²) in [6.45, 7) is 1.32. The number of hydrogen-bond donors (Lipinski definition) is 1. The molecule has 9 nitrogen and oxygen atoms in total. The Balaban J connectivity index is 2.06. The van der Waals surface area contributed by atoms with Gasteiger partial charge in [0.25, 0.3) is 11.6 Å². The average Bonchev–Trinajstić information content (AvgIpc) is 2.65. The molecule has 0 radical (unpaired) electrons. The van der Waals surface area contributed by atoms with Crippen molar-refractivity contribution >= 4 is 28.9 Å². The third-order valence-electron chi connectivity index (χ3n) is 3.85. The fraction of sp³-hybridized carbons (Fsp3) is 0.263. The van der Waals surface area contributed by atoms with Gasteiger partial charge < -0.3 is 19.7 Å². The van der Waals surface area contributed by atoms with Gasteiger partial charge in [0.05, 0.1) is 23.3 Å². The maximum atomic E-state index is 12.2. The Morgan fingerprint density at radius 2 is 1.89 bits per heavy atom. The Morgan fingerprint density at radius 1 is 1.18 bits per heavy atom. The van der Waals surface area contributed by atoms with Crippen molar-refractivity contribution in [2.45, 2.75) is 6.92 Å². The second-order valence-electron chi connectivity index (χ2n) is 6.18. The van der Waals surface area contributed by atoms with Crippen molar-refractivity contribution in [3.63, 3.8) is 0 Å². The van der Waals surface area contributed by atoms with Gasteiger partial charge in [-0.05, 0) is 36.8 Å². The molecule has 2 aromatic carbocycles. The highest BCUT2D eigenvalue weighted by atomic mass is 16.6. The molecule has 1 N–H and O–H groups in total. The Morgan fingerprint density at radius 3 is 2.50 bits per heavy atom. The lowest BCUT2D eigenvalue weighted by Crippen LogP contribution is -2.21. The third-order valence-corrected chi connectivity index (χ3v) is 3.85. The van der Waals surface area contributed by atoms with Crippen LogP contribution in [0.1, 0.15) is 15.9 Å². The molecule has 0 spiro atoms. The van der Waals surface area contributed by atoms with Gasteiger partial charge in [-0.15, -0.1) is 0 Å². The molecule has 1 amide bonds. The fourth-order valence-electron chi connectivity index (χ4n) is 2.50. The van der Waals surface area contributed by atoms with Crippen molar-refractivity contribution in [3.8, 4) is 5.75 Å². The summed E-state index contributed by atoms with van der Waals surface area (Å²) in [4.78, 5) is 36.5. The van der Waals surface area contributed by atoms with Gasteiger partial charge >= 0.3 is 5.97 Å². The first-order valence-corrected chi connectivity index (χ1v) is 8.30. The maximum absolute atomic E-state index is 12.2. The number of carbonyl (C=O) groups excluding carboxylic acids is 2. The molecule has 0 bridgehead atoms. The Hall–Kier alpha value is -3.62. The third kappa shape index (κ3) is 4.97. The van der Waals surface area contributed by atoms with Crippen molar-refractivity contribution in [1.29, 1.82) is 0 Å². The standard InChI is InChI=1S/C19H21N3O6/c1-12-5-8-17(27-4)14(9-12)20-18(23)11-28-19(24)13-6-7-15(21(2)3)16(10-13)22(25)26/h5-10H,11H2,1-4H3,(H,20,23). The number of aryl methyl sites for hydroxylation is 1. The van der Waals surface area contributed by atoms with E-state index in [1.807, 2.05) is 13.0 Å². The number of ether oxygens (including phenoxy) is 2. The number of methoxy groups -OCH3 is 1. The van der Waals surface area contributed by atoms with Crippen LogP contribution in [0.4, 0.5) is 17.1 Å². The number of anilines is 2. The van der Waals surface area contributed by atoms with Crippen LogP contribution in [-0.4, -0.2) is 44.6 Å². The van der Waals surface area contributed by atoms with E-state index in [4.69, 9.17) is 9.47 Å². The minimum Gasteiger partial charge on any atom is -0.495 e. The first-order chi connectivity index (χ1) is 13.2. The average molecular weight is 387 g/mol. The lowest BCUT2D eigenvalue weighted by Gasteiger charge is -2.13. The summed E-state index contributed by atoms with van der Waals surface area (Å²) in [6.07, 6.45) is 0. The first kappa shape index (κ1) is 20.7. The molecular formula is C19H21N3O6. The van der Waals surface area contributed by atoms with Crippen molar-refractivity contribution in [1.82, 2.24) is 0 Å². The zero-order valence-electron chi connectivity index (χ0n) is 16.0. The molecule has 0 saturated carbocycles. The number of rotatable bonds is 7. The molecule has 9 heteroatoms. The highest BCUT2D eigenvalue weighted by Crippen LogP contribution is 2.28. The van der Waals surface area contributed by atoms with Gasteiger partial charge in [0.15, 0.2) is 6.61 Å². The van der Waals surface area contributed by atoms with Crippen LogP contribution in [0, 0.1) is 17.0 Å². The molecule has 0 atom stereocenters. The van der Waals surface area contributed by atoms with Crippen molar-refractivity contribution in [2.75, 3.05) is 38.0 Å². The van der Waals surface area contributed by atoms with E-state index in [0.717, 1.165) is 11.6 Å². The van der Waals surface area contributed by atoms with E-state index >= 15 is 0 Å². The number of esters is 1. The Bertz CT molecular complexity index is 911. The summed E-state index contributed by atoms with van der Waals surface area (Å²) in [5.41, 5.74) is 1.48. The number of amides is 1. The maximum Gasteiger partial charge on any atom is 0.338 e. The summed E-state index contributed by atoms with van der Waals surface area (Å²) in [7, 11) is 4.79.